The second-order valence-electron chi connectivity index (χ2n) is 13.1. The molecule has 0 radical (unpaired) electrons. The smallest absolute Gasteiger partial charge is 0.254 e. The Bertz CT molecular complexity index is 1700. The Hall–Kier alpha value is -5.46. The van der Waals surface area contributed by atoms with Crippen molar-refractivity contribution >= 4 is 35.4 Å². The van der Waals surface area contributed by atoms with Crippen LogP contribution in [-0.2, 0) is 19.2 Å². The van der Waals surface area contributed by atoms with Gasteiger partial charge in [0.2, 0.25) is 11.8 Å². The molecule has 2 aliphatic carbocycles. The van der Waals surface area contributed by atoms with E-state index in [4.69, 9.17) is 22.9 Å². The fraction of sp³-hybridized carbons (Fsp3) is 0.455. The summed E-state index contributed by atoms with van der Waals surface area (Å²) in [5.41, 5.74) is 18.3. The van der Waals surface area contributed by atoms with Crippen LogP contribution >= 0.6 is 0 Å². The predicted octanol–water partition coefficient (Wildman–Crippen LogP) is -3.59. The Morgan fingerprint density at radius 2 is 1.24 bits per heavy atom. The van der Waals surface area contributed by atoms with Crippen LogP contribution in [0.3, 0.4) is 0 Å². The Kier molecular flexibility index (Phi) is 10.7. The van der Waals surface area contributed by atoms with E-state index in [9.17, 15) is 39.6 Å². The molecule has 3 amide bonds. The summed E-state index contributed by atoms with van der Waals surface area (Å²) in [7, 11) is 0. The first-order valence-corrected chi connectivity index (χ1v) is 16.4. The second kappa shape index (κ2) is 14.8. The molecule has 18 nitrogen and oxygen atoms in total. The standard InChI is InChI=1S/C33H44N10O8/c34-30(35)38-12-1-11-32(50)20(10-13-39-31(36)37)33(51)27(28(32)48)40-14-21(46)42-25-23(16-2-6-18(44)7-3-16)24(17-4-8-19(45)9-5-17)26(25)43-22(47)15-41-29(33)49/h2-9,20,23-27,40,44-45,50-51H,1,10-15H2,(H,41,49)(H,42,46)(H,43,47)(H4,34,35,38)(H4,36,37,39). The van der Waals surface area contributed by atoms with Crippen LogP contribution in [-0.4, -0.2) is 111 Å². The number of phenols is 2. The van der Waals surface area contributed by atoms with Gasteiger partial charge in [-0.3, -0.25) is 34.5 Å². The molecule has 274 valence electrons. The van der Waals surface area contributed by atoms with Crippen molar-refractivity contribution in [1.82, 2.24) is 21.3 Å². The van der Waals surface area contributed by atoms with Crippen LogP contribution in [0.2, 0.25) is 0 Å². The number of ketones is 1. The zero-order valence-corrected chi connectivity index (χ0v) is 27.7. The number of nitrogens with zero attached hydrogens (tertiary/aromatic N) is 2. The number of amides is 3. The lowest BCUT2D eigenvalue weighted by Crippen LogP contribution is -2.68. The fourth-order valence-corrected chi connectivity index (χ4v) is 7.66. The van der Waals surface area contributed by atoms with Gasteiger partial charge in [-0.15, -0.1) is 0 Å². The van der Waals surface area contributed by atoms with Gasteiger partial charge in [0.05, 0.1) is 25.2 Å². The summed E-state index contributed by atoms with van der Waals surface area (Å²) in [5, 5.41) is 54.9. The Balaban J connectivity index is 1.49. The van der Waals surface area contributed by atoms with E-state index < -0.39 is 83.7 Å². The van der Waals surface area contributed by atoms with Crippen molar-refractivity contribution in [1.29, 1.82) is 0 Å². The van der Waals surface area contributed by atoms with Crippen molar-refractivity contribution in [2.24, 2.45) is 38.8 Å². The molecule has 5 rings (SSSR count). The molecule has 51 heavy (non-hydrogen) atoms. The number of Topliss-reactive ketones (excluding diaryl/α,β-unsaturated/α-hetero) is 1. The molecule has 2 aromatic carbocycles. The van der Waals surface area contributed by atoms with E-state index >= 15 is 0 Å². The van der Waals surface area contributed by atoms with Crippen molar-refractivity contribution < 1.29 is 39.6 Å². The van der Waals surface area contributed by atoms with Crippen molar-refractivity contribution in [3.63, 3.8) is 0 Å². The van der Waals surface area contributed by atoms with Gasteiger partial charge in [0.1, 0.15) is 23.1 Å². The van der Waals surface area contributed by atoms with E-state index in [1.807, 2.05) is 0 Å². The van der Waals surface area contributed by atoms with Crippen LogP contribution in [0.5, 0.6) is 11.5 Å². The van der Waals surface area contributed by atoms with E-state index in [2.05, 4.69) is 31.3 Å². The van der Waals surface area contributed by atoms with Crippen LogP contribution in [0.4, 0.5) is 0 Å². The third-order valence-electron chi connectivity index (χ3n) is 9.96. The zero-order valence-electron chi connectivity index (χ0n) is 27.7. The summed E-state index contributed by atoms with van der Waals surface area (Å²) in [6.45, 7) is -1.35. The van der Waals surface area contributed by atoms with Crippen LogP contribution < -0.4 is 44.2 Å². The van der Waals surface area contributed by atoms with E-state index in [1.165, 1.54) is 24.3 Å². The van der Waals surface area contributed by atoms with E-state index in [0.717, 1.165) is 11.1 Å². The third-order valence-corrected chi connectivity index (χ3v) is 9.96. The van der Waals surface area contributed by atoms with E-state index in [1.54, 1.807) is 24.3 Å². The summed E-state index contributed by atoms with van der Waals surface area (Å²) in [6, 6.07) is 9.61. The molecule has 0 spiro atoms. The average molecular weight is 709 g/mol. The maximum absolute atomic E-state index is 14.0. The SMILES string of the molecule is NC(N)=NCCCC1(O)C(=O)C2NCC(=O)NC3C(NC(=O)CNC(=O)C2(O)C1CCN=C(N)N)C(c1ccc(O)cc1)C3c1ccc(O)cc1. The normalized spacial score (nSPS) is 30.8. The van der Waals surface area contributed by atoms with Crippen LogP contribution in [0.25, 0.3) is 0 Å². The monoisotopic (exact) mass is 708 g/mol. The number of fused-ring (bicyclic) bond motifs is 2. The van der Waals surface area contributed by atoms with Crippen LogP contribution in [0.1, 0.15) is 42.2 Å². The Morgan fingerprint density at radius 1 is 0.745 bits per heavy atom. The van der Waals surface area contributed by atoms with Crippen LogP contribution in [0, 0.1) is 5.92 Å². The minimum absolute atomic E-state index is 0.0275. The van der Waals surface area contributed by atoms with E-state index in [0.29, 0.717) is 0 Å². The molecule has 2 saturated carbocycles. The number of carbonyl (C=O) groups excluding carboxylic acids is 4. The maximum Gasteiger partial charge on any atom is 0.254 e. The van der Waals surface area contributed by atoms with Crippen molar-refractivity contribution in [2.75, 3.05) is 26.2 Å². The minimum atomic E-state index is -2.67. The van der Waals surface area contributed by atoms with Crippen LogP contribution in [0.15, 0.2) is 58.5 Å². The first-order valence-electron chi connectivity index (χ1n) is 16.4. The van der Waals surface area contributed by atoms with Gasteiger partial charge in [-0.2, -0.15) is 0 Å². The van der Waals surface area contributed by atoms with Crippen molar-refractivity contribution in [3.8, 4) is 11.5 Å². The third kappa shape index (κ3) is 7.38. The first-order chi connectivity index (χ1) is 24.2. The summed E-state index contributed by atoms with van der Waals surface area (Å²) in [5.74, 6) is -6.18. The molecule has 1 saturated heterocycles. The molecule has 8 unspecified atom stereocenters. The number of rotatable bonds is 9. The van der Waals surface area contributed by atoms with Gasteiger partial charge >= 0.3 is 0 Å². The number of aliphatic hydroxyl groups is 2. The van der Waals surface area contributed by atoms with Gasteiger partial charge in [-0.05, 0) is 54.7 Å². The lowest BCUT2D eigenvalue weighted by atomic mass is 9.59. The van der Waals surface area contributed by atoms with Gasteiger partial charge in [0, 0.05) is 30.8 Å². The summed E-state index contributed by atoms with van der Waals surface area (Å²) >= 11 is 0. The molecule has 1 heterocycles. The highest BCUT2D eigenvalue weighted by atomic mass is 16.3. The molecule has 16 N–H and O–H groups in total. The lowest BCUT2D eigenvalue weighted by molar-refractivity contribution is -0.154. The number of aromatic hydroxyl groups is 2. The molecule has 1 aliphatic heterocycles. The molecule has 3 aliphatic rings. The topological polar surface area (TPSA) is 326 Å². The quantitative estimate of drug-likeness (QED) is 0.0682. The predicted molar refractivity (Wildman–Crippen MR) is 184 cm³/mol. The number of guanidine groups is 2. The maximum atomic E-state index is 14.0. The van der Waals surface area contributed by atoms with E-state index in [-0.39, 0.29) is 55.8 Å². The number of carbonyl (C=O) groups is 4. The number of aliphatic imine (C=N–C) groups is 2. The molecule has 18 heteroatoms. The highest BCUT2D eigenvalue weighted by Gasteiger charge is 2.69. The molecule has 8 atom stereocenters. The minimum Gasteiger partial charge on any atom is -0.508 e. The highest BCUT2D eigenvalue weighted by Crippen LogP contribution is 2.50. The van der Waals surface area contributed by atoms with Crippen molar-refractivity contribution in [3.05, 3.63) is 59.7 Å². The second-order valence-corrected chi connectivity index (χ2v) is 13.1. The molecule has 0 bridgehead atoms. The lowest BCUT2D eigenvalue weighted by Gasteiger charge is -2.53. The Morgan fingerprint density at radius 3 is 1.75 bits per heavy atom. The van der Waals surface area contributed by atoms with Gasteiger partial charge in [0.15, 0.2) is 23.3 Å². The van der Waals surface area contributed by atoms with Gasteiger partial charge in [-0.25, -0.2) is 0 Å². The van der Waals surface area contributed by atoms with Gasteiger partial charge < -0.3 is 59.3 Å². The number of phenolic OH excluding ortho intramolecular Hbond substituents is 2. The van der Waals surface area contributed by atoms with Gasteiger partial charge in [-0.1, -0.05) is 24.3 Å². The molecule has 0 aromatic heterocycles. The van der Waals surface area contributed by atoms with Gasteiger partial charge in [0.25, 0.3) is 5.91 Å². The number of nitrogens with two attached hydrogens (primary N) is 4. The summed E-state index contributed by atoms with van der Waals surface area (Å²) < 4.78 is 0. The first kappa shape index (κ1) is 36.8. The molecule has 2 aromatic rings. The molecular formula is C33H44N10O8. The average Bonchev–Trinajstić information content (AvgIpc) is 3.24. The number of benzene rings is 2. The number of hydrogen-bond donors (Lipinski definition) is 12. The summed E-state index contributed by atoms with van der Waals surface area (Å²) in [4.78, 5) is 62.8. The zero-order chi connectivity index (χ0) is 37.1. The summed E-state index contributed by atoms with van der Waals surface area (Å²) in [6.07, 6.45) is -0.432. The number of nitrogens with one attached hydrogen (secondary N) is 4. The Labute approximate surface area is 292 Å². The van der Waals surface area contributed by atoms with Crippen molar-refractivity contribution in [2.45, 2.75) is 60.4 Å². The largest absolute Gasteiger partial charge is 0.508 e. The molecular weight excluding hydrogens is 664 g/mol. The fourth-order valence-electron chi connectivity index (χ4n) is 7.66. The molecule has 3 fully saturated rings. The number of hydrogen-bond acceptors (Lipinski definition) is 11. The highest BCUT2D eigenvalue weighted by molar-refractivity contribution is 6.05.